The second kappa shape index (κ2) is 5.69. The van der Waals surface area contributed by atoms with Gasteiger partial charge in [0.25, 0.3) is 5.56 Å². The lowest BCUT2D eigenvalue weighted by Gasteiger charge is -2.25. The second-order valence-electron chi connectivity index (χ2n) is 6.70. The van der Waals surface area contributed by atoms with Gasteiger partial charge in [-0.15, -0.1) is 0 Å². The van der Waals surface area contributed by atoms with Crippen molar-refractivity contribution in [1.82, 2.24) is 18.7 Å². The van der Waals surface area contributed by atoms with E-state index in [1.54, 1.807) is 12.1 Å². The van der Waals surface area contributed by atoms with Crippen LogP contribution in [-0.2, 0) is 27.2 Å². The van der Waals surface area contributed by atoms with E-state index >= 15 is 0 Å². The van der Waals surface area contributed by atoms with Crippen molar-refractivity contribution in [1.29, 1.82) is 0 Å². The molecule has 0 radical (unpaired) electrons. The monoisotopic (exact) mass is 352 g/mol. The number of hydrazone groups is 1. The van der Waals surface area contributed by atoms with Crippen molar-refractivity contribution >= 4 is 22.8 Å². The van der Waals surface area contributed by atoms with E-state index in [0.29, 0.717) is 30.2 Å². The fraction of sp³-hybridized carbons (Fsp3) is 0.333. The van der Waals surface area contributed by atoms with Gasteiger partial charge in [-0.25, -0.2) is 9.80 Å². The molecule has 0 fully saturated rings. The Hall–Kier alpha value is -3.16. The van der Waals surface area contributed by atoms with E-state index in [1.807, 2.05) is 23.6 Å². The van der Waals surface area contributed by atoms with E-state index in [2.05, 4.69) is 29.1 Å². The van der Waals surface area contributed by atoms with Gasteiger partial charge >= 0.3 is 5.69 Å². The highest BCUT2D eigenvalue weighted by Gasteiger charge is 2.26. The normalized spacial score (nSPS) is 13.8. The van der Waals surface area contributed by atoms with Crippen LogP contribution in [0.5, 0.6) is 0 Å². The summed E-state index contributed by atoms with van der Waals surface area (Å²) in [5.41, 5.74) is 3.25. The highest BCUT2D eigenvalue weighted by atomic mass is 16.2. The minimum atomic E-state index is -0.388. The number of benzene rings is 1. The number of anilines is 1. The third kappa shape index (κ3) is 2.29. The zero-order valence-corrected chi connectivity index (χ0v) is 15.2. The van der Waals surface area contributed by atoms with Gasteiger partial charge < -0.3 is 0 Å². The summed E-state index contributed by atoms with van der Waals surface area (Å²) in [7, 11) is 3.11. The fourth-order valence-electron chi connectivity index (χ4n) is 3.35. The van der Waals surface area contributed by atoms with Crippen molar-refractivity contribution < 1.29 is 0 Å². The van der Waals surface area contributed by atoms with Crippen LogP contribution in [0.25, 0.3) is 11.2 Å². The minimum Gasteiger partial charge on any atom is -0.297 e. The maximum Gasteiger partial charge on any atom is 0.332 e. The van der Waals surface area contributed by atoms with E-state index in [4.69, 9.17) is 0 Å². The zero-order valence-electron chi connectivity index (χ0n) is 15.2. The molecule has 0 atom stereocenters. The Kier molecular flexibility index (Phi) is 3.57. The SMILES string of the molecule is CC1=NN(Cc2ccccc2C)c2nc3c(c(=O)n(C)c(=O)n3C)n2C1. The quantitative estimate of drug-likeness (QED) is 0.693. The van der Waals surface area contributed by atoms with E-state index in [9.17, 15) is 9.59 Å². The van der Waals surface area contributed by atoms with Crippen LogP contribution in [-0.4, -0.2) is 24.4 Å². The van der Waals surface area contributed by atoms with Crippen LogP contribution in [0.3, 0.4) is 0 Å². The summed E-state index contributed by atoms with van der Waals surface area (Å²) in [4.78, 5) is 29.5. The van der Waals surface area contributed by atoms with Crippen LogP contribution in [0.1, 0.15) is 18.1 Å². The summed E-state index contributed by atoms with van der Waals surface area (Å²) in [5.74, 6) is 0.576. The molecule has 0 unspecified atom stereocenters. The molecule has 8 heteroatoms. The molecule has 0 amide bonds. The van der Waals surface area contributed by atoms with Crippen LogP contribution in [0.4, 0.5) is 5.95 Å². The van der Waals surface area contributed by atoms with Gasteiger partial charge in [-0.2, -0.15) is 10.1 Å². The van der Waals surface area contributed by atoms with Gasteiger partial charge in [-0.1, -0.05) is 24.3 Å². The zero-order chi connectivity index (χ0) is 18.6. The number of imidazole rings is 1. The first-order valence-electron chi connectivity index (χ1n) is 8.41. The van der Waals surface area contributed by atoms with Gasteiger partial charge in [0.15, 0.2) is 11.2 Å². The van der Waals surface area contributed by atoms with Gasteiger partial charge in [0.05, 0.1) is 18.8 Å². The minimum absolute atomic E-state index is 0.340. The van der Waals surface area contributed by atoms with Crippen molar-refractivity contribution in [2.24, 2.45) is 19.2 Å². The molecule has 3 aromatic rings. The molecule has 1 aliphatic rings. The molecule has 1 aromatic carbocycles. The van der Waals surface area contributed by atoms with Crippen LogP contribution in [0.2, 0.25) is 0 Å². The molecule has 0 aliphatic carbocycles. The summed E-state index contributed by atoms with van der Waals surface area (Å²) in [6, 6.07) is 8.10. The van der Waals surface area contributed by atoms with Crippen LogP contribution < -0.4 is 16.3 Å². The van der Waals surface area contributed by atoms with Gasteiger partial charge in [0.1, 0.15) is 0 Å². The molecule has 8 nitrogen and oxygen atoms in total. The molecule has 0 bridgehead atoms. The van der Waals surface area contributed by atoms with Gasteiger partial charge in [-0.3, -0.25) is 18.5 Å². The van der Waals surface area contributed by atoms with Crippen LogP contribution >= 0.6 is 0 Å². The number of hydrogen-bond donors (Lipinski definition) is 0. The van der Waals surface area contributed by atoms with Crippen molar-refractivity contribution in [3.8, 4) is 0 Å². The lowest BCUT2D eigenvalue weighted by atomic mass is 10.1. The van der Waals surface area contributed by atoms with Crippen molar-refractivity contribution in [2.45, 2.75) is 26.9 Å². The fourth-order valence-corrected chi connectivity index (χ4v) is 3.35. The molecule has 134 valence electrons. The van der Waals surface area contributed by atoms with E-state index in [-0.39, 0.29) is 11.2 Å². The smallest absolute Gasteiger partial charge is 0.297 e. The molecule has 0 saturated heterocycles. The molecule has 4 rings (SSSR count). The third-order valence-corrected chi connectivity index (χ3v) is 4.82. The Balaban J connectivity index is 1.94. The molecule has 1 aliphatic heterocycles. The van der Waals surface area contributed by atoms with E-state index < -0.39 is 0 Å². The molecule has 26 heavy (non-hydrogen) atoms. The van der Waals surface area contributed by atoms with Crippen molar-refractivity contribution in [2.75, 3.05) is 5.01 Å². The largest absolute Gasteiger partial charge is 0.332 e. The van der Waals surface area contributed by atoms with Crippen LogP contribution in [0.15, 0.2) is 39.0 Å². The second-order valence-corrected chi connectivity index (χ2v) is 6.70. The molecule has 3 heterocycles. The van der Waals surface area contributed by atoms with Gasteiger partial charge in [0.2, 0.25) is 5.95 Å². The topological polar surface area (TPSA) is 77.4 Å². The Bertz CT molecular complexity index is 1180. The van der Waals surface area contributed by atoms with Gasteiger partial charge in [-0.05, 0) is 25.0 Å². The first-order valence-corrected chi connectivity index (χ1v) is 8.41. The molecule has 0 saturated carbocycles. The predicted octanol–water partition coefficient (Wildman–Crippen LogP) is 1.14. The number of aryl methyl sites for hydroxylation is 2. The van der Waals surface area contributed by atoms with Crippen molar-refractivity contribution in [3.63, 3.8) is 0 Å². The highest BCUT2D eigenvalue weighted by molar-refractivity contribution is 5.87. The Morgan fingerprint density at radius 2 is 1.81 bits per heavy atom. The summed E-state index contributed by atoms with van der Waals surface area (Å²) in [6.07, 6.45) is 0. The molecule has 2 aromatic heterocycles. The summed E-state index contributed by atoms with van der Waals surface area (Å²) in [5, 5.41) is 6.43. The number of nitrogens with zero attached hydrogens (tertiary/aromatic N) is 6. The molecule has 0 N–H and O–H groups in total. The molecule has 0 spiro atoms. The number of hydrogen-bond acceptors (Lipinski definition) is 5. The number of aromatic nitrogens is 4. The van der Waals surface area contributed by atoms with Crippen molar-refractivity contribution in [3.05, 3.63) is 56.2 Å². The van der Waals surface area contributed by atoms with E-state index in [0.717, 1.165) is 21.4 Å². The lowest BCUT2D eigenvalue weighted by Crippen LogP contribution is -2.38. The number of rotatable bonds is 2. The standard InChI is InChI=1S/C18H20N6O2/c1-11-7-5-6-8-13(11)10-24-17-19-15-14(23(17)9-12(2)20-24)16(25)22(4)18(26)21(15)3/h5-8H,9-10H2,1-4H3. The average molecular weight is 352 g/mol. The highest BCUT2D eigenvalue weighted by Crippen LogP contribution is 2.25. The Labute approximate surface area is 149 Å². The van der Waals surface area contributed by atoms with E-state index in [1.165, 1.54) is 11.6 Å². The third-order valence-electron chi connectivity index (χ3n) is 4.82. The Morgan fingerprint density at radius 3 is 2.54 bits per heavy atom. The average Bonchev–Trinajstić information content (AvgIpc) is 2.99. The molecular formula is C18H20N6O2. The first-order chi connectivity index (χ1) is 12.4. The number of fused-ring (bicyclic) bond motifs is 3. The maximum atomic E-state index is 12.7. The first kappa shape index (κ1) is 16.3. The summed E-state index contributed by atoms with van der Waals surface area (Å²) < 4.78 is 4.37. The molecular weight excluding hydrogens is 332 g/mol. The summed E-state index contributed by atoms with van der Waals surface area (Å²) >= 11 is 0. The Morgan fingerprint density at radius 1 is 1.08 bits per heavy atom. The van der Waals surface area contributed by atoms with Gasteiger partial charge in [0, 0.05) is 14.1 Å². The lowest BCUT2D eigenvalue weighted by molar-refractivity contribution is 0.698. The van der Waals surface area contributed by atoms with Crippen LogP contribution in [0, 0.1) is 6.92 Å². The predicted molar refractivity (Wildman–Crippen MR) is 101 cm³/mol. The summed E-state index contributed by atoms with van der Waals surface area (Å²) in [6.45, 7) is 5.00. The maximum absolute atomic E-state index is 12.7.